The highest BCUT2D eigenvalue weighted by atomic mass is 16.5. The summed E-state index contributed by atoms with van der Waals surface area (Å²) in [6, 6.07) is 15.0. The van der Waals surface area contributed by atoms with Gasteiger partial charge in [0.25, 0.3) is 5.91 Å². The Morgan fingerprint density at radius 1 is 1.04 bits per heavy atom. The molecule has 138 valence electrons. The van der Waals surface area contributed by atoms with Crippen LogP contribution in [-0.4, -0.2) is 35.6 Å². The lowest BCUT2D eigenvalue weighted by atomic mass is 10.1. The Balaban J connectivity index is 1.49. The van der Waals surface area contributed by atoms with Crippen molar-refractivity contribution in [3.05, 3.63) is 54.9 Å². The number of nitrogens with one attached hydrogen (secondary N) is 1. The molecule has 1 amide bonds. The maximum atomic E-state index is 12.2. The average molecular weight is 362 g/mol. The van der Waals surface area contributed by atoms with E-state index in [0.717, 1.165) is 35.5 Å². The maximum Gasteiger partial charge on any atom is 0.262 e. The molecule has 1 aliphatic heterocycles. The number of ether oxygens (including phenoxy) is 1. The van der Waals surface area contributed by atoms with Crippen molar-refractivity contribution in [3.8, 4) is 5.75 Å². The lowest BCUT2D eigenvalue weighted by molar-refractivity contribution is -0.118. The number of aromatic nitrogens is 2. The van der Waals surface area contributed by atoms with Crippen LogP contribution in [0.2, 0.25) is 0 Å². The van der Waals surface area contributed by atoms with Crippen LogP contribution in [0.3, 0.4) is 0 Å². The van der Waals surface area contributed by atoms with Crippen molar-refractivity contribution in [3.63, 3.8) is 0 Å². The summed E-state index contributed by atoms with van der Waals surface area (Å²) in [5.41, 5.74) is 1.60. The quantitative estimate of drug-likeness (QED) is 0.751. The third-order valence-electron chi connectivity index (χ3n) is 4.67. The normalized spacial score (nSPS) is 14.1. The first-order valence-electron chi connectivity index (χ1n) is 9.27. The van der Waals surface area contributed by atoms with E-state index in [1.54, 1.807) is 6.33 Å². The van der Waals surface area contributed by atoms with Crippen LogP contribution in [-0.2, 0) is 4.79 Å². The highest BCUT2D eigenvalue weighted by molar-refractivity contribution is 5.97. The van der Waals surface area contributed by atoms with Gasteiger partial charge in [-0.15, -0.1) is 0 Å². The Bertz CT molecular complexity index is 924. The first-order valence-corrected chi connectivity index (χ1v) is 9.27. The van der Waals surface area contributed by atoms with Gasteiger partial charge in [-0.05, 0) is 49.6 Å². The van der Waals surface area contributed by atoms with E-state index in [2.05, 4.69) is 20.2 Å². The van der Waals surface area contributed by atoms with Crippen molar-refractivity contribution >= 4 is 28.3 Å². The summed E-state index contributed by atoms with van der Waals surface area (Å²) in [7, 11) is 0. The monoisotopic (exact) mass is 362 g/mol. The zero-order valence-corrected chi connectivity index (χ0v) is 15.1. The second-order valence-electron chi connectivity index (χ2n) is 6.63. The van der Waals surface area contributed by atoms with Gasteiger partial charge in [0, 0.05) is 24.2 Å². The molecule has 2 heterocycles. The Morgan fingerprint density at radius 2 is 1.85 bits per heavy atom. The van der Waals surface area contributed by atoms with Crippen LogP contribution in [0.25, 0.3) is 10.9 Å². The summed E-state index contributed by atoms with van der Waals surface area (Å²) in [6.07, 6.45) is 5.23. The molecule has 3 aromatic rings. The Morgan fingerprint density at radius 3 is 2.67 bits per heavy atom. The van der Waals surface area contributed by atoms with E-state index in [4.69, 9.17) is 4.74 Å². The minimum atomic E-state index is -0.199. The van der Waals surface area contributed by atoms with E-state index in [1.807, 2.05) is 48.5 Å². The number of hydrogen-bond donors (Lipinski definition) is 1. The molecule has 1 N–H and O–H groups in total. The number of anilines is 2. The molecule has 6 heteroatoms. The standard InChI is InChI=1S/C21H22N4O2/c26-20(14-27-17-7-3-1-4-8-17)24-16-9-10-19-18(13-16)21(23-15-22-19)25-11-5-2-6-12-25/h1,3-4,7-10,13,15H,2,5-6,11-12,14H2,(H,24,26). The van der Waals surface area contributed by atoms with Crippen molar-refractivity contribution in [2.45, 2.75) is 19.3 Å². The fraction of sp³-hybridized carbons (Fsp3) is 0.286. The van der Waals surface area contributed by atoms with Crippen LogP contribution < -0.4 is 15.0 Å². The number of rotatable bonds is 5. The number of fused-ring (bicyclic) bond motifs is 1. The Hall–Kier alpha value is -3.15. The first kappa shape index (κ1) is 17.3. The smallest absolute Gasteiger partial charge is 0.262 e. The van der Waals surface area contributed by atoms with Gasteiger partial charge < -0.3 is 15.0 Å². The second-order valence-corrected chi connectivity index (χ2v) is 6.63. The molecule has 1 aliphatic rings. The minimum absolute atomic E-state index is 0.0354. The molecule has 1 saturated heterocycles. The summed E-state index contributed by atoms with van der Waals surface area (Å²) in [6.45, 7) is 1.98. The van der Waals surface area contributed by atoms with E-state index in [9.17, 15) is 4.79 Å². The van der Waals surface area contributed by atoms with Crippen molar-refractivity contribution in [1.82, 2.24) is 9.97 Å². The number of amides is 1. The molecule has 4 rings (SSSR count). The molecule has 1 fully saturated rings. The molecule has 1 aromatic heterocycles. The van der Waals surface area contributed by atoms with Gasteiger partial charge in [-0.1, -0.05) is 18.2 Å². The summed E-state index contributed by atoms with van der Waals surface area (Å²) < 4.78 is 5.50. The molecule has 0 atom stereocenters. The van der Waals surface area contributed by atoms with Crippen LogP contribution in [0.1, 0.15) is 19.3 Å². The second kappa shape index (κ2) is 8.03. The topological polar surface area (TPSA) is 67.3 Å². The Labute approximate surface area is 158 Å². The van der Waals surface area contributed by atoms with E-state index in [0.29, 0.717) is 5.75 Å². The summed E-state index contributed by atoms with van der Waals surface area (Å²) in [5.74, 6) is 1.41. The average Bonchev–Trinajstić information content (AvgIpc) is 2.73. The molecule has 0 saturated carbocycles. The number of nitrogens with zero attached hydrogens (tertiary/aromatic N) is 3. The molecule has 0 radical (unpaired) electrons. The third-order valence-corrected chi connectivity index (χ3v) is 4.67. The lowest BCUT2D eigenvalue weighted by Gasteiger charge is -2.28. The zero-order valence-electron chi connectivity index (χ0n) is 15.1. The maximum absolute atomic E-state index is 12.2. The fourth-order valence-electron chi connectivity index (χ4n) is 3.34. The zero-order chi connectivity index (χ0) is 18.5. The largest absolute Gasteiger partial charge is 0.484 e. The SMILES string of the molecule is O=C(COc1ccccc1)Nc1ccc2ncnc(N3CCCCC3)c2c1. The molecule has 6 nitrogen and oxygen atoms in total. The first-order chi connectivity index (χ1) is 13.3. The number of para-hydroxylation sites is 1. The molecule has 0 spiro atoms. The highest BCUT2D eigenvalue weighted by Gasteiger charge is 2.16. The van der Waals surface area contributed by atoms with Gasteiger partial charge in [-0.3, -0.25) is 4.79 Å². The van der Waals surface area contributed by atoms with Crippen LogP contribution in [0, 0.1) is 0 Å². The Kier molecular flexibility index (Phi) is 5.14. The molecule has 0 aliphatic carbocycles. The number of piperidine rings is 1. The molecular formula is C21H22N4O2. The third kappa shape index (κ3) is 4.16. The van der Waals surface area contributed by atoms with Crippen LogP contribution >= 0.6 is 0 Å². The van der Waals surface area contributed by atoms with Crippen molar-refractivity contribution in [2.75, 3.05) is 29.9 Å². The fourth-order valence-corrected chi connectivity index (χ4v) is 3.34. The van der Waals surface area contributed by atoms with E-state index < -0.39 is 0 Å². The van der Waals surface area contributed by atoms with Crippen molar-refractivity contribution < 1.29 is 9.53 Å². The van der Waals surface area contributed by atoms with E-state index in [-0.39, 0.29) is 12.5 Å². The summed E-state index contributed by atoms with van der Waals surface area (Å²) in [5, 5.41) is 3.86. The van der Waals surface area contributed by atoms with Gasteiger partial charge in [-0.2, -0.15) is 0 Å². The van der Waals surface area contributed by atoms with Crippen LogP contribution in [0.15, 0.2) is 54.9 Å². The number of carbonyl (C=O) groups is 1. The van der Waals surface area contributed by atoms with Gasteiger partial charge in [0.2, 0.25) is 0 Å². The molecule has 0 bridgehead atoms. The number of hydrogen-bond acceptors (Lipinski definition) is 5. The molecular weight excluding hydrogens is 340 g/mol. The molecule has 2 aromatic carbocycles. The summed E-state index contributed by atoms with van der Waals surface area (Å²) in [4.78, 5) is 23.4. The molecule has 0 unspecified atom stereocenters. The van der Waals surface area contributed by atoms with Crippen LogP contribution in [0.5, 0.6) is 5.75 Å². The van der Waals surface area contributed by atoms with Gasteiger partial charge in [0.05, 0.1) is 5.52 Å². The lowest BCUT2D eigenvalue weighted by Crippen LogP contribution is -2.30. The number of carbonyl (C=O) groups excluding carboxylic acids is 1. The highest BCUT2D eigenvalue weighted by Crippen LogP contribution is 2.28. The summed E-state index contributed by atoms with van der Waals surface area (Å²) >= 11 is 0. The van der Waals surface area contributed by atoms with Gasteiger partial charge in [0.1, 0.15) is 17.9 Å². The van der Waals surface area contributed by atoms with Crippen molar-refractivity contribution in [1.29, 1.82) is 0 Å². The van der Waals surface area contributed by atoms with E-state index in [1.165, 1.54) is 19.3 Å². The van der Waals surface area contributed by atoms with Crippen LogP contribution in [0.4, 0.5) is 11.5 Å². The van der Waals surface area contributed by atoms with Gasteiger partial charge >= 0.3 is 0 Å². The predicted molar refractivity (Wildman–Crippen MR) is 106 cm³/mol. The van der Waals surface area contributed by atoms with Gasteiger partial charge in [0.15, 0.2) is 6.61 Å². The minimum Gasteiger partial charge on any atom is -0.484 e. The number of benzene rings is 2. The predicted octanol–water partition coefficient (Wildman–Crippen LogP) is 3.64. The van der Waals surface area contributed by atoms with E-state index >= 15 is 0 Å². The van der Waals surface area contributed by atoms with Gasteiger partial charge in [-0.25, -0.2) is 9.97 Å². The van der Waals surface area contributed by atoms with Crippen molar-refractivity contribution in [2.24, 2.45) is 0 Å². The molecule has 27 heavy (non-hydrogen) atoms.